The van der Waals surface area contributed by atoms with Crippen LogP contribution >= 0.6 is 0 Å². The number of nitrogens with zero attached hydrogens (tertiary/aromatic N) is 2. The van der Waals surface area contributed by atoms with E-state index in [1.807, 2.05) is 6.92 Å². The maximum absolute atomic E-state index is 8.78. The van der Waals surface area contributed by atoms with Crippen LogP contribution in [-0.2, 0) is 6.42 Å². The number of hydrogen-bond acceptors (Lipinski definition) is 3. The molecule has 0 aliphatic rings. The van der Waals surface area contributed by atoms with Crippen molar-refractivity contribution in [1.29, 1.82) is 0 Å². The number of nitrogens with one attached hydrogen (secondary N) is 1. The summed E-state index contributed by atoms with van der Waals surface area (Å²) >= 11 is 0. The molecule has 0 spiro atoms. The number of rotatable bonds is 6. The Morgan fingerprint density at radius 2 is 2.17 bits per heavy atom. The van der Waals surface area contributed by atoms with Gasteiger partial charge < -0.3 is 15.0 Å². The topological polar surface area (TPSA) is 52.1 Å². The second-order valence-electron chi connectivity index (χ2n) is 4.80. The van der Waals surface area contributed by atoms with E-state index in [9.17, 15) is 0 Å². The molecule has 0 aliphatic carbocycles. The molecule has 2 rings (SSSR count). The first-order valence-electron chi connectivity index (χ1n) is 6.43. The third-order valence-corrected chi connectivity index (χ3v) is 3.14. The summed E-state index contributed by atoms with van der Waals surface area (Å²) in [5.41, 5.74) is 3.47. The quantitative estimate of drug-likeness (QED) is 0.817. The van der Waals surface area contributed by atoms with Crippen molar-refractivity contribution in [3.8, 4) is 0 Å². The summed E-state index contributed by atoms with van der Waals surface area (Å²) in [6.45, 7) is 4.20. The number of benzene rings is 1. The molecular formula is C14H21N3O. The van der Waals surface area contributed by atoms with Gasteiger partial charge in [0.1, 0.15) is 5.82 Å². The van der Waals surface area contributed by atoms with Gasteiger partial charge in [0.25, 0.3) is 0 Å². The van der Waals surface area contributed by atoms with Crippen LogP contribution in [0.25, 0.3) is 11.0 Å². The fourth-order valence-electron chi connectivity index (χ4n) is 2.11. The van der Waals surface area contributed by atoms with Gasteiger partial charge in [-0.2, -0.15) is 0 Å². The smallest absolute Gasteiger partial charge is 0.104 e. The fraction of sp³-hybridized carbons (Fsp3) is 0.500. The standard InChI is InChI=1S/C14H21N3O/c1-11-15-13-5-4-12(10-14(13)16-11)6-8-17(2)7-3-9-18/h4-5,10,18H,3,6-9H2,1-2H3,(H,15,16). The minimum atomic E-state index is 0.268. The maximum Gasteiger partial charge on any atom is 0.104 e. The molecule has 4 nitrogen and oxygen atoms in total. The van der Waals surface area contributed by atoms with Crippen LogP contribution in [0.2, 0.25) is 0 Å². The molecule has 1 heterocycles. The molecule has 4 heteroatoms. The Morgan fingerprint density at radius 1 is 1.33 bits per heavy atom. The highest BCUT2D eigenvalue weighted by molar-refractivity contribution is 5.75. The molecule has 2 aromatic rings. The van der Waals surface area contributed by atoms with E-state index >= 15 is 0 Å². The maximum atomic E-state index is 8.78. The molecule has 1 aromatic heterocycles. The Hall–Kier alpha value is -1.39. The predicted molar refractivity (Wildman–Crippen MR) is 73.7 cm³/mol. The van der Waals surface area contributed by atoms with Crippen molar-refractivity contribution in [2.45, 2.75) is 19.8 Å². The summed E-state index contributed by atoms with van der Waals surface area (Å²) in [6, 6.07) is 6.39. The highest BCUT2D eigenvalue weighted by Gasteiger charge is 2.02. The van der Waals surface area contributed by atoms with E-state index in [4.69, 9.17) is 5.11 Å². The van der Waals surface area contributed by atoms with Crippen LogP contribution in [0, 0.1) is 6.92 Å². The van der Waals surface area contributed by atoms with Crippen molar-refractivity contribution in [2.24, 2.45) is 0 Å². The van der Waals surface area contributed by atoms with Gasteiger partial charge in [-0.1, -0.05) is 6.07 Å². The second-order valence-corrected chi connectivity index (χ2v) is 4.80. The van der Waals surface area contributed by atoms with Gasteiger partial charge in [-0.05, 0) is 44.5 Å². The number of imidazole rings is 1. The zero-order valence-corrected chi connectivity index (χ0v) is 11.1. The van der Waals surface area contributed by atoms with E-state index < -0.39 is 0 Å². The molecule has 0 saturated carbocycles. The summed E-state index contributed by atoms with van der Waals surface area (Å²) in [4.78, 5) is 9.91. The van der Waals surface area contributed by atoms with Gasteiger partial charge in [0.15, 0.2) is 0 Å². The first-order valence-corrected chi connectivity index (χ1v) is 6.43. The Kier molecular flexibility index (Phi) is 4.33. The molecule has 2 N–H and O–H groups in total. The molecule has 0 unspecified atom stereocenters. The van der Waals surface area contributed by atoms with E-state index in [0.717, 1.165) is 42.8 Å². The number of aliphatic hydroxyl groups excluding tert-OH is 1. The number of aromatic nitrogens is 2. The first kappa shape index (κ1) is 13.1. The van der Waals surface area contributed by atoms with Crippen molar-refractivity contribution in [3.05, 3.63) is 29.6 Å². The molecule has 0 atom stereocenters. The largest absolute Gasteiger partial charge is 0.396 e. The SMILES string of the molecule is Cc1nc2ccc(CCN(C)CCCO)cc2[nH]1. The number of aliphatic hydroxyl groups is 1. The summed E-state index contributed by atoms with van der Waals surface area (Å²) in [7, 11) is 2.09. The third kappa shape index (κ3) is 3.31. The van der Waals surface area contributed by atoms with Crippen LogP contribution in [0.5, 0.6) is 0 Å². The Labute approximate surface area is 108 Å². The third-order valence-electron chi connectivity index (χ3n) is 3.14. The number of hydrogen-bond donors (Lipinski definition) is 2. The van der Waals surface area contributed by atoms with Gasteiger partial charge in [0, 0.05) is 19.7 Å². The van der Waals surface area contributed by atoms with Crippen molar-refractivity contribution in [3.63, 3.8) is 0 Å². The minimum absolute atomic E-state index is 0.268. The average Bonchev–Trinajstić information content (AvgIpc) is 2.73. The summed E-state index contributed by atoms with van der Waals surface area (Å²) in [5.74, 6) is 0.960. The van der Waals surface area contributed by atoms with E-state index in [2.05, 4.69) is 40.1 Å². The Morgan fingerprint density at radius 3 is 2.94 bits per heavy atom. The first-order chi connectivity index (χ1) is 8.69. The average molecular weight is 247 g/mol. The normalized spacial score (nSPS) is 11.6. The molecule has 0 aliphatic heterocycles. The molecule has 0 bridgehead atoms. The van der Waals surface area contributed by atoms with Crippen LogP contribution < -0.4 is 0 Å². The number of H-pyrrole nitrogens is 1. The molecule has 0 saturated heterocycles. The summed E-state index contributed by atoms with van der Waals surface area (Å²) < 4.78 is 0. The van der Waals surface area contributed by atoms with Crippen molar-refractivity contribution < 1.29 is 5.11 Å². The van der Waals surface area contributed by atoms with Crippen LogP contribution in [0.1, 0.15) is 17.8 Å². The monoisotopic (exact) mass is 247 g/mol. The number of likely N-dealkylation sites (N-methyl/N-ethyl adjacent to an activating group) is 1. The highest BCUT2D eigenvalue weighted by atomic mass is 16.3. The summed E-state index contributed by atoms with van der Waals surface area (Å²) in [5, 5.41) is 8.78. The van der Waals surface area contributed by atoms with E-state index in [1.54, 1.807) is 0 Å². The van der Waals surface area contributed by atoms with Crippen LogP contribution in [0.3, 0.4) is 0 Å². The molecule has 98 valence electrons. The lowest BCUT2D eigenvalue weighted by Gasteiger charge is -2.15. The fourth-order valence-corrected chi connectivity index (χ4v) is 2.11. The lowest BCUT2D eigenvalue weighted by Crippen LogP contribution is -2.23. The van der Waals surface area contributed by atoms with Crippen molar-refractivity contribution >= 4 is 11.0 Å². The van der Waals surface area contributed by atoms with Gasteiger partial charge in [0.05, 0.1) is 11.0 Å². The number of aromatic amines is 1. The van der Waals surface area contributed by atoms with E-state index in [0.29, 0.717) is 0 Å². The molecular weight excluding hydrogens is 226 g/mol. The van der Waals surface area contributed by atoms with Gasteiger partial charge in [-0.3, -0.25) is 0 Å². The Balaban J connectivity index is 1.95. The van der Waals surface area contributed by atoms with Crippen LogP contribution in [0.4, 0.5) is 0 Å². The van der Waals surface area contributed by atoms with Gasteiger partial charge in [-0.15, -0.1) is 0 Å². The van der Waals surface area contributed by atoms with E-state index in [1.165, 1.54) is 5.56 Å². The molecule has 0 radical (unpaired) electrons. The zero-order chi connectivity index (χ0) is 13.0. The molecule has 18 heavy (non-hydrogen) atoms. The van der Waals surface area contributed by atoms with Gasteiger partial charge in [-0.25, -0.2) is 4.98 Å². The van der Waals surface area contributed by atoms with Crippen LogP contribution in [0.15, 0.2) is 18.2 Å². The zero-order valence-electron chi connectivity index (χ0n) is 11.1. The van der Waals surface area contributed by atoms with Gasteiger partial charge in [0.2, 0.25) is 0 Å². The summed E-state index contributed by atoms with van der Waals surface area (Å²) in [6.07, 6.45) is 1.87. The minimum Gasteiger partial charge on any atom is -0.396 e. The molecule has 0 amide bonds. The predicted octanol–water partition coefficient (Wildman–Crippen LogP) is 1.73. The lowest BCUT2D eigenvalue weighted by atomic mass is 10.1. The van der Waals surface area contributed by atoms with Gasteiger partial charge >= 0.3 is 0 Å². The van der Waals surface area contributed by atoms with Crippen LogP contribution in [-0.4, -0.2) is 46.7 Å². The second kappa shape index (κ2) is 5.98. The molecule has 0 fully saturated rings. The lowest BCUT2D eigenvalue weighted by molar-refractivity contribution is 0.248. The highest BCUT2D eigenvalue weighted by Crippen LogP contribution is 2.14. The number of fused-ring (bicyclic) bond motifs is 1. The van der Waals surface area contributed by atoms with Crippen molar-refractivity contribution in [1.82, 2.24) is 14.9 Å². The molecule has 1 aromatic carbocycles. The number of aryl methyl sites for hydroxylation is 1. The Bertz CT molecular complexity index is 507. The van der Waals surface area contributed by atoms with Crippen molar-refractivity contribution in [2.75, 3.05) is 26.7 Å². The van der Waals surface area contributed by atoms with E-state index in [-0.39, 0.29) is 6.61 Å².